The number of carbonyl (C=O) groups excluding carboxylic acids is 1. The average molecular weight is 346 g/mol. The van der Waals surface area contributed by atoms with Crippen LogP contribution in [0.25, 0.3) is 0 Å². The average Bonchev–Trinajstić information content (AvgIpc) is 3.25. The first-order chi connectivity index (χ1) is 12.1. The standard InChI is InChI=1S/C18H30N6O/c1-3-14(2)11-22-9-6-16(7-10-22)24-13-15(20-21-24)12-23-8-4-5-17(23)18(19)25/h3,13,16-17H,4-12H2,1-2H3,(H2,19,25)/t17-/m0/s1. The summed E-state index contributed by atoms with van der Waals surface area (Å²) in [6, 6.07) is 0.275. The Bertz CT molecular complexity index is 617. The Hall–Kier alpha value is -1.73. The molecule has 138 valence electrons. The molecule has 0 spiro atoms. The van der Waals surface area contributed by atoms with Crippen LogP contribution in [0.4, 0.5) is 0 Å². The molecular formula is C18H30N6O. The fraction of sp³-hybridized carbons (Fsp3) is 0.722. The molecule has 0 aliphatic carbocycles. The fourth-order valence-electron chi connectivity index (χ4n) is 3.90. The lowest BCUT2D eigenvalue weighted by Crippen LogP contribution is -2.39. The van der Waals surface area contributed by atoms with Crippen molar-refractivity contribution in [3.63, 3.8) is 0 Å². The van der Waals surface area contributed by atoms with Crippen LogP contribution < -0.4 is 5.73 Å². The van der Waals surface area contributed by atoms with E-state index in [0.717, 1.165) is 57.6 Å². The highest BCUT2D eigenvalue weighted by Crippen LogP contribution is 2.23. The number of likely N-dealkylation sites (tertiary alicyclic amines) is 2. The van der Waals surface area contributed by atoms with Crippen molar-refractivity contribution < 1.29 is 4.79 Å². The van der Waals surface area contributed by atoms with Crippen molar-refractivity contribution in [1.82, 2.24) is 24.8 Å². The van der Waals surface area contributed by atoms with Gasteiger partial charge >= 0.3 is 0 Å². The number of piperidine rings is 1. The smallest absolute Gasteiger partial charge is 0.234 e. The van der Waals surface area contributed by atoms with Crippen LogP contribution in [0.1, 0.15) is 51.3 Å². The van der Waals surface area contributed by atoms with Gasteiger partial charge in [0, 0.05) is 26.2 Å². The van der Waals surface area contributed by atoms with Gasteiger partial charge in [-0.3, -0.25) is 14.6 Å². The van der Waals surface area contributed by atoms with Crippen molar-refractivity contribution in [2.45, 2.75) is 58.2 Å². The minimum Gasteiger partial charge on any atom is -0.368 e. The van der Waals surface area contributed by atoms with Gasteiger partial charge in [-0.1, -0.05) is 16.9 Å². The highest BCUT2D eigenvalue weighted by atomic mass is 16.1. The van der Waals surface area contributed by atoms with Gasteiger partial charge in [-0.05, 0) is 46.1 Å². The lowest BCUT2D eigenvalue weighted by Gasteiger charge is -2.31. The third kappa shape index (κ3) is 4.46. The predicted molar refractivity (Wildman–Crippen MR) is 96.8 cm³/mol. The molecule has 25 heavy (non-hydrogen) atoms. The number of rotatable bonds is 6. The van der Waals surface area contributed by atoms with E-state index in [1.807, 2.05) is 10.9 Å². The Labute approximate surface area is 149 Å². The molecule has 1 atom stereocenters. The van der Waals surface area contributed by atoms with Crippen molar-refractivity contribution in [2.24, 2.45) is 5.73 Å². The molecule has 0 aromatic carbocycles. The summed E-state index contributed by atoms with van der Waals surface area (Å²) in [5.41, 5.74) is 7.85. The van der Waals surface area contributed by atoms with Gasteiger partial charge in [0.25, 0.3) is 0 Å². The Morgan fingerprint density at radius 2 is 2.08 bits per heavy atom. The van der Waals surface area contributed by atoms with Gasteiger partial charge in [0.2, 0.25) is 5.91 Å². The summed E-state index contributed by atoms with van der Waals surface area (Å²) in [7, 11) is 0. The molecule has 3 rings (SSSR count). The van der Waals surface area contributed by atoms with E-state index in [1.54, 1.807) is 0 Å². The van der Waals surface area contributed by atoms with Gasteiger partial charge < -0.3 is 5.73 Å². The molecule has 0 bridgehead atoms. The molecule has 2 fully saturated rings. The van der Waals surface area contributed by atoms with Crippen LogP contribution >= 0.6 is 0 Å². The van der Waals surface area contributed by atoms with Crippen molar-refractivity contribution >= 4 is 5.91 Å². The van der Waals surface area contributed by atoms with E-state index in [2.05, 4.69) is 40.0 Å². The second kappa shape index (κ2) is 8.10. The summed E-state index contributed by atoms with van der Waals surface area (Å²) < 4.78 is 2.02. The molecule has 2 aliphatic heterocycles. The number of aromatic nitrogens is 3. The van der Waals surface area contributed by atoms with Crippen LogP contribution in [0.15, 0.2) is 17.8 Å². The summed E-state index contributed by atoms with van der Waals surface area (Å²) in [6.45, 7) is 9.11. The Morgan fingerprint density at radius 1 is 1.32 bits per heavy atom. The zero-order chi connectivity index (χ0) is 17.8. The third-order valence-corrected chi connectivity index (χ3v) is 5.51. The maximum atomic E-state index is 11.5. The molecule has 3 heterocycles. The van der Waals surface area contributed by atoms with Crippen LogP contribution in [0, 0.1) is 0 Å². The number of hydrogen-bond donors (Lipinski definition) is 1. The van der Waals surface area contributed by atoms with Crippen molar-refractivity contribution in [2.75, 3.05) is 26.2 Å². The molecule has 0 unspecified atom stereocenters. The van der Waals surface area contributed by atoms with Crippen molar-refractivity contribution in [3.05, 3.63) is 23.5 Å². The highest BCUT2D eigenvalue weighted by Gasteiger charge is 2.29. The van der Waals surface area contributed by atoms with Gasteiger partial charge in [0.05, 0.1) is 24.0 Å². The van der Waals surface area contributed by atoms with E-state index in [-0.39, 0.29) is 11.9 Å². The van der Waals surface area contributed by atoms with Crippen LogP contribution in [0.2, 0.25) is 0 Å². The van der Waals surface area contributed by atoms with Crippen molar-refractivity contribution in [3.8, 4) is 0 Å². The van der Waals surface area contributed by atoms with E-state index in [4.69, 9.17) is 5.73 Å². The first-order valence-electron chi connectivity index (χ1n) is 9.35. The topological polar surface area (TPSA) is 80.3 Å². The van der Waals surface area contributed by atoms with Gasteiger partial charge in [-0.2, -0.15) is 0 Å². The van der Waals surface area contributed by atoms with Crippen LogP contribution in [-0.2, 0) is 11.3 Å². The number of hydrogen-bond acceptors (Lipinski definition) is 5. The molecule has 7 heteroatoms. The second-order valence-electron chi connectivity index (χ2n) is 7.36. The molecular weight excluding hydrogens is 316 g/mol. The van der Waals surface area contributed by atoms with E-state index in [9.17, 15) is 4.79 Å². The Morgan fingerprint density at radius 3 is 2.76 bits per heavy atom. The highest BCUT2D eigenvalue weighted by molar-refractivity contribution is 5.80. The van der Waals surface area contributed by atoms with E-state index < -0.39 is 0 Å². The third-order valence-electron chi connectivity index (χ3n) is 5.51. The quantitative estimate of drug-likeness (QED) is 0.786. The Balaban J connectivity index is 1.53. The number of primary amides is 1. The first kappa shape index (κ1) is 18.1. The number of allylic oxidation sites excluding steroid dienone is 1. The maximum Gasteiger partial charge on any atom is 0.234 e. The summed E-state index contributed by atoms with van der Waals surface area (Å²) in [4.78, 5) is 16.1. The van der Waals surface area contributed by atoms with Gasteiger partial charge in [0.15, 0.2) is 0 Å². The SMILES string of the molecule is CC=C(C)CN1CCC(n2cc(CN3CCC[C@H]3C(N)=O)nn2)CC1. The van der Waals surface area contributed by atoms with Crippen molar-refractivity contribution in [1.29, 1.82) is 0 Å². The summed E-state index contributed by atoms with van der Waals surface area (Å²) in [5, 5.41) is 8.67. The monoisotopic (exact) mass is 346 g/mol. The maximum absolute atomic E-state index is 11.5. The molecule has 0 saturated carbocycles. The second-order valence-corrected chi connectivity index (χ2v) is 7.36. The lowest BCUT2D eigenvalue weighted by molar-refractivity contribution is -0.122. The van der Waals surface area contributed by atoms with Crippen LogP contribution in [0.5, 0.6) is 0 Å². The van der Waals surface area contributed by atoms with Gasteiger partial charge in [-0.25, -0.2) is 4.68 Å². The zero-order valence-corrected chi connectivity index (χ0v) is 15.4. The number of nitrogens with two attached hydrogens (primary N) is 1. The summed E-state index contributed by atoms with van der Waals surface area (Å²) in [6.07, 6.45) is 8.32. The largest absolute Gasteiger partial charge is 0.368 e. The van der Waals surface area contributed by atoms with E-state index in [1.165, 1.54) is 5.57 Å². The minimum absolute atomic E-state index is 0.150. The number of amides is 1. The molecule has 0 radical (unpaired) electrons. The first-order valence-corrected chi connectivity index (χ1v) is 9.35. The van der Waals surface area contributed by atoms with E-state index >= 15 is 0 Å². The summed E-state index contributed by atoms with van der Waals surface area (Å²) >= 11 is 0. The summed E-state index contributed by atoms with van der Waals surface area (Å²) in [5.74, 6) is -0.228. The van der Waals surface area contributed by atoms with Gasteiger partial charge in [-0.15, -0.1) is 5.10 Å². The molecule has 7 nitrogen and oxygen atoms in total. The molecule has 2 aliphatic rings. The lowest BCUT2D eigenvalue weighted by atomic mass is 10.0. The molecule has 1 aromatic heterocycles. The van der Waals surface area contributed by atoms with E-state index in [0.29, 0.717) is 12.6 Å². The number of carbonyl (C=O) groups is 1. The normalized spacial score (nSPS) is 24.1. The van der Waals surface area contributed by atoms with Crippen LogP contribution in [-0.4, -0.2) is 62.9 Å². The zero-order valence-electron chi connectivity index (χ0n) is 15.4. The minimum atomic E-state index is -0.228. The molecule has 2 N–H and O–H groups in total. The molecule has 2 saturated heterocycles. The predicted octanol–water partition coefficient (Wildman–Crippen LogP) is 1.33. The fourth-order valence-corrected chi connectivity index (χ4v) is 3.90. The van der Waals surface area contributed by atoms with Gasteiger partial charge in [0.1, 0.15) is 0 Å². The Kier molecular flexibility index (Phi) is 5.86. The molecule has 1 amide bonds. The van der Waals surface area contributed by atoms with Crippen LogP contribution in [0.3, 0.4) is 0 Å². The number of nitrogens with zero attached hydrogens (tertiary/aromatic N) is 5. The molecule has 1 aromatic rings.